The molecule has 2 aromatic rings. The van der Waals surface area contributed by atoms with Crippen molar-refractivity contribution in [2.45, 2.75) is 117 Å². The Morgan fingerprint density at radius 3 is 2.26 bits per heavy atom. The maximum atomic E-state index is 13.7. The van der Waals surface area contributed by atoms with Gasteiger partial charge in [-0.2, -0.15) is 0 Å². The first-order chi connectivity index (χ1) is 20.5. The molecule has 0 unspecified atom stereocenters. The number of hydrogen-bond acceptors (Lipinski definition) is 6. The molecule has 5 rings (SSSR count). The molecule has 3 heterocycles. The molecule has 3 aliphatic rings. The van der Waals surface area contributed by atoms with E-state index in [0.29, 0.717) is 47.3 Å². The zero-order valence-corrected chi connectivity index (χ0v) is 27.0. The van der Waals surface area contributed by atoms with Crippen molar-refractivity contribution in [1.82, 2.24) is 19.7 Å². The third-order valence-corrected chi connectivity index (χ3v) is 9.00. The lowest BCUT2D eigenvalue weighted by Crippen LogP contribution is -2.49. The number of esters is 1. The van der Waals surface area contributed by atoms with Crippen LogP contribution in [0.25, 0.3) is 0 Å². The lowest BCUT2D eigenvalue weighted by atomic mass is 9.97. The molecule has 2 saturated heterocycles. The lowest BCUT2D eigenvalue weighted by molar-refractivity contribution is 0.00694. The van der Waals surface area contributed by atoms with Gasteiger partial charge in [0.05, 0.1) is 11.6 Å². The normalized spacial score (nSPS) is 20.8. The van der Waals surface area contributed by atoms with Gasteiger partial charge in [-0.25, -0.2) is 14.6 Å². The van der Waals surface area contributed by atoms with Crippen LogP contribution in [-0.4, -0.2) is 75.0 Å². The van der Waals surface area contributed by atoms with E-state index in [9.17, 15) is 9.59 Å². The molecular weight excluding hydrogens is 540 g/mol. The Morgan fingerprint density at radius 1 is 0.977 bits per heavy atom. The monoisotopic (exact) mass is 590 g/mol. The number of pyridine rings is 1. The van der Waals surface area contributed by atoms with Crippen LogP contribution in [0.3, 0.4) is 0 Å². The Labute approximate surface area is 257 Å². The molecule has 2 amide bonds. The number of urea groups is 1. The third-order valence-electron chi connectivity index (χ3n) is 9.00. The second kappa shape index (κ2) is 13.2. The van der Waals surface area contributed by atoms with Crippen molar-refractivity contribution in [3.8, 4) is 11.6 Å². The molecule has 0 radical (unpaired) electrons. The van der Waals surface area contributed by atoms with Gasteiger partial charge in [0.15, 0.2) is 0 Å². The molecule has 0 N–H and O–H groups in total. The smallest absolute Gasteiger partial charge is 0.338 e. The van der Waals surface area contributed by atoms with Crippen LogP contribution in [0.5, 0.6) is 11.6 Å². The number of aryl methyl sites for hydroxylation is 1. The summed E-state index contributed by atoms with van der Waals surface area (Å²) < 4.78 is 11.4. The summed E-state index contributed by atoms with van der Waals surface area (Å²) in [6.45, 7) is 15.8. The Bertz CT molecular complexity index is 1260. The number of amides is 2. The van der Waals surface area contributed by atoms with Gasteiger partial charge in [-0.15, -0.1) is 0 Å². The third kappa shape index (κ3) is 7.88. The van der Waals surface area contributed by atoms with Crippen molar-refractivity contribution in [3.63, 3.8) is 0 Å². The average molecular weight is 591 g/mol. The van der Waals surface area contributed by atoms with E-state index in [4.69, 9.17) is 14.5 Å². The Hall–Kier alpha value is -3.13. The van der Waals surface area contributed by atoms with Crippen LogP contribution in [-0.2, 0) is 11.3 Å². The number of benzene rings is 1. The Balaban J connectivity index is 1.15. The molecule has 43 heavy (non-hydrogen) atoms. The molecule has 1 saturated carbocycles. The number of carbonyl (C=O) groups excluding carboxylic acids is 2. The van der Waals surface area contributed by atoms with E-state index in [0.717, 1.165) is 51.1 Å². The number of likely N-dealkylation sites (tertiary alicyclic amines) is 1. The van der Waals surface area contributed by atoms with Gasteiger partial charge in [-0.3, -0.25) is 4.90 Å². The van der Waals surface area contributed by atoms with Crippen LogP contribution >= 0.6 is 0 Å². The highest BCUT2D eigenvalue weighted by molar-refractivity contribution is 5.89. The number of carbonyl (C=O) groups is 2. The number of piperidine rings is 1. The Morgan fingerprint density at radius 2 is 1.65 bits per heavy atom. The number of nitrogens with zero attached hydrogens (tertiary/aromatic N) is 4. The van der Waals surface area contributed by atoms with Gasteiger partial charge in [0.1, 0.15) is 11.4 Å². The molecule has 1 atom stereocenters. The van der Waals surface area contributed by atoms with E-state index < -0.39 is 5.60 Å². The summed E-state index contributed by atoms with van der Waals surface area (Å²) in [5.74, 6) is 1.38. The van der Waals surface area contributed by atoms with E-state index in [2.05, 4.69) is 34.6 Å². The van der Waals surface area contributed by atoms with Crippen LogP contribution in [0.2, 0.25) is 0 Å². The topological polar surface area (TPSA) is 75.2 Å². The van der Waals surface area contributed by atoms with Gasteiger partial charge in [-0.05, 0) is 95.5 Å². The largest absolute Gasteiger partial charge is 0.456 e. The molecule has 0 spiro atoms. The summed E-state index contributed by atoms with van der Waals surface area (Å²) in [6, 6.07) is 12.4. The standard InChI is InChI=1S/C35H50N4O4/c1-24(2)21-30-23-38(28-9-7-8-10-28)34(41)39(30)29-17-19-37(20-18-29)22-27-13-16-32(36-25(27)3)42-31-14-11-26(12-15-31)33(40)43-35(4,5)6/h11-16,24,28-30H,7-10,17-23H2,1-6H3/t30-/m1/s1. The predicted octanol–water partition coefficient (Wildman–Crippen LogP) is 7.20. The van der Waals surface area contributed by atoms with Gasteiger partial charge in [0.2, 0.25) is 5.88 Å². The van der Waals surface area contributed by atoms with Crippen LogP contribution in [0.4, 0.5) is 4.79 Å². The van der Waals surface area contributed by atoms with E-state index in [1.807, 2.05) is 33.8 Å². The SMILES string of the molecule is Cc1nc(Oc2ccc(C(=O)OC(C)(C)C)cc2)ccc1CN1CCC(N2C(=O)N(C3CCCC3)C[C@H]2CC(C)C)CC1. The van der Waals surface area contributed by atoms with Gasteiger partial charge in [0, 0.05) is 50.0 Å². The molecule has 8 nitrogen and oxygen atoms in total. The molecule has 234 valence electrons. The zero-order valence-electron chi connectivity index (χ0n) is 27.0. The van der Waals surface area contributed by atoms with Gasteiger partial charge < -0.3 is 19.3 Å². The van der Waals surface area contributed by atoms with Crippen molar-refractivity contribution >= 4 is 12.0 Å². The number of rotatable bonds is 9. The molecule has 0 bridgehead atoms. The summed E-state index contributed by atoms with van der Waals surface area (Å²) in [4.78, 5) is 37.7. The molecule has 1 aliphatic carbocycles. The van der Waals surface area contributed by atoms with Gasteiger partial charge >= 0.3 is 12.0 Å². The molecule has 1 aromatic carbocycles. The van der Waals surface area contributed by atoms with E-state index in [-0.39, 0.29) is 5.97 Å². The fraction of sp³-hybridized carbons (Fsp3) is 0.629. The highest BCUT2D eigenvalue weighted by atomic mass is 16.6. The molecular formula is C35H50N4O4. The molecule has 1 aromatic heterocycles. The summed E-state index contributed by atoms with van der Waals surface area (Å²) >= 11 is 0. The molecule has 8 heteroatoms. The summed E-state index contributed by atoms with van der Waals surface area (Å²) in [6.07, 6.45) is 7.98. The Kier molecular flexibility index (Phi) is 9.64. The van der Waals surface area contributed by atoms with Crippen LogP contribution in [0, 0.1) is 12.8 Å². The first kappa shape index (κ1) is 31.3. The van der Waals surface area contributed by atoms with Crippen molar-refractivity contribution in [2.75, 3.05) is 19.6 Å². The maximum absolute atomic E-state index is 13.7. The first-order valence-electron chi connectivity index (χ1n) is 16.3. The quantitative estimate of drug-likeness (QED) is 0.288. The van der Waals surface area contributed by atoms with Crippen molar-refractivity contribution in [3.05, 3.63) is 53.2 Å². The van der Waals surface area contributed by atoms with Crippen LogP contribution in [0.15, 0.2) is 36.4 Å². The minimum absolute atomic E-state index is 0.297. The van der Waals surface area contributed by atoms with Crippen LogP contribution in [0.1, 0.15) is 101 Å². The number of aromatic nitrogens is 1. The summed E-state index contributed by atoms with van der Waals surface area (Å²) in [7, 11) is 0. The van der Waals surface area contributed by atoms with Gasteiger partial charge in [-0.1, -0.05) is 32.8 Å². The lowest BCUT2D eigenvalue weighted by Gasteiger charge is -2.39. The van der Waals surface area contributed by atoms with E-state index in [1.54, 1.807) is 24.3 Å². The van der Waals surface area contributed by atoms with Crippen LogP contribution < -0.4 is 4.74 Å². The average Bonchev–Trinajstić information content (AvgIpc) is 3.58. The molecule has 3 fully saturated rings. The second-order valence-electron chi connectivity index (χ2n) is 14.1. The van der Waals surface area contributed by atoms with Crippen molar-refractivity contribution in [1.29, 1.82) is 0 Å². The fourth-order valence-corrected chi connectivity index (χ4v) is 6.91. The molecule has 2 aliphatic heterocycles. The highest BCUT2D eigenvalue weighted by Crippen LogP contribution is 2.34. The fourth-order valence-electron chi connectivity index (χ4n) is 6.91. The minimum Gasteiger partial charge on any atom is -0.456 e. The van der Waals surface area contributed by atoms with Gasteiger partial charge in [0.25, 0.3) is 0 Å². The summed E-state index contributed by atoms with van der Waals surface area (Å²) in [5.41, 5.74) is 2.09. The van der Waals surface area contributed by atoms with Crippen molar-refractivity contribution in [2.24, 2.45) is 5.92 Å². The van der Waals surface area contributed by atoms with E-state index >= 15 is 0 Å². The second-order valence-corrected chi connectivity index (χ2v) is 14.1. The predicted molar refractivity (Wildman–Crippen MR) is 168 cm³/mol. The first-order valence-corrected chi connectivity index (χ1v) is 16.3. The highest BCUT2D eigenvalue weighted by Gasteiger charge is 2.44. The number of hydrogen-bond donors (Lipinski definition) is 0. The summed E-state index contributed by atoms with van der Waals surface area (Å²) in [5, 5.41) is 0. The van der Waals surface area contributed by atoms with E-state index in [1.165, 1.54) is 31.2 Å². The van der Waals surface area contributed by atoms with Crippen molar-refractivity contribution < 1.29 is 19.1 Å². The minimum atomic E-state index is -0.536. The maximum Gasteiger partial charge on any atom is 0.338 e. The zero-order chi connectivity index (χ0) is 30.7. The number of ether oxygens (including phenoxy) is 2.